The molecule has 0 saturated carbocycles. The fourth-order valence-corrected chi connectivity index (χ4v) is 4.92. The van der Waals surface area contributed by atoms with Crippen LogP contribution in [-0.2, 0) is 29.3 Å². The number of nitrogens with zero attached hydrogens (tertiary/aromatic N) is 4. The molecule has 3 N–H and O–H groups in total. The Bertz CT molecular complexity index is 1340. The van der Waals surface area contributed by atoms with Gasteiger partial charge in [0.2, 0.25) is 11.8 Å². The van der Waals surface area contributed by atoms with Crippen molar-refractivity contribution in [2.45, 2.75) is 30.7 Å². The number of benzene rings is 1. The number of urea groups is 1. The quantitative estimate of drug-likeness (QED) is 0.623. The third kappa shape index (κ3) is 3.59. The lowest BCUT2D eigenvalue weighted by Gasteiger charge is -2.25. The van der Waals surface area contributed by atoms with E-state index in [2.05, 4.69) is 19.8 Å². The smallest absolute Gasteiger partial charge is 0.354 e. The Morgan fingerprint density at radius 3 is 3.00 bits per heavy atom. The second-order valence-electron chi connectivity index (χ2n) is 7.54. The largest absolute Gasteiger partial charge is 0.481 e. The van der Waals surface area contributed by atoms with Gasteiger partial charge in [0.15, 0.2) is 9.92 Å². The SMILES string of the molecule is COc1cc(-c2ccc3c(c2NC(=O)N=[S@](N)(=O)c2cnn4c2OCCC4)CC3)ccn1. The van der Waals surface area contributed by atoms with Gasteiger partial charge >= 0.3 is 6.03 Å². The topological polar surface area (TPSA) is 134 Å². The lowest BCUT2D eigenvalue weighted by Crippen LogP contribution is -2.22. The summed E-state index contributed by atoms with van der Waals surface area (Å²) in [6.45, 7) is 1.10. The maximum absolute atomic E-state index is 13.1. The van der Waals surface area contributed by atoms with Crippen LogP contribution in [0.2, 0.25) is 0 Å². The summed E-state index contributed by atoms with van der Waals surface area (Å²) in [5.74, 6) is 0.761. The van der Waals surface area contributed by atoms with Crippen molar-refractivity contribution in [1.82, 2.24) is 14.8 Å². The monoisotopic (exact) mass is 454 g/mol. The molecule has 166 valence electrons. The van der Waals surface area contributed by atoms with Crippen molar-refractivity contribution >= 4 is 21.6 Å². The van der Waals surface area contributed by atoms with Crippen molar-refractivity contribution in [3.63, 3.8) is 0 Å². The highest BCUT2D eigenvalue weighted by molar-refractivity contribution is 7.91. The molecule has 0 spiro atoms. The van der Waals surface area contributed by atoms with Crippen LogP contribution >= 0.6 is 0 Å². The van der Waals surface area contributed by atoms with E-state index in [0.717, 1.165) is 41.5 Å². The van der Waals surface area contributed by atoms with Gasteiger partial charge in [-0.15, -0.1) is 4.36 Å². The molecule has 2 aliphatic rings. The summed E-state index contributed by atoms with van der Waals surface area (Å²) in [7, 11) is -2.00. The Morgan fingerprint density at radius 1 is 1.34 bits per heavy atom. The number of rotatable bonds is 4. The fourth-order valence-electron chi connectivity index (χ4n) is 3.91. The van der Waals surface area contributed by atoms with Crippen molar-refractivity contribution in [2.24, 2.45) is 9.50 Å². The molecule has 0 unspecified atom stereocenters. The minimum atomic E-state index is -3.55. The number of nitrogens with one attached hydrogen (secondary N) is 1. The van der Waals surface area contributed by atoms with E-state index in [-0.39, 0.29) is 4.90 Å². The van der Waals surface area contributed by atoms with E-state index < -0.39 is 15.9 Å². The van der Waals surface area contributed by atoms with Crippen LogP contribution in [0.4, 0.5) is 10.5 Å². The number of carbonyl (C=O) groups excluding carboxylic acids is 1. The number of carbonyl (C=O) groups is 1. The number of anilines is 1. The van der Waals surface area contributed by atoms with Gasteiger partial charge in [-0.05, 0) is 35.6 Å². The molecule has 1 aliphatic heterocycles. The first-order valence-electron chi connectivity index (χ1n) is 10.2. The highest BCUT2D eigenvalue weighted by Crippen LogP contribution is 2.39. The number of aromatic nitrogens is 3. The predicted molar refractivity (Wildman–Crippen MR) is 118 cm³/mol. The Labute approximate surface area is 185 Å². The van der Waals surface area contributed by atoms with Crippen molar-refractivity contribution in [2.75, 3.05) is 19.0 Å². The number of pyridine rings is 1. The van der Waals surface area contributed by atoms with Gasteiger partial charge in [0.05, 0.1) is 25.6 Å². The van der Waals surface area contributed by atoms with Crippen LogP contribution in [0.5, 0.6) is 11.8 Å². The summed E-state index contributed by atoms with van der Waals surface area (Å²) in [6, 6.07) is 6.80. The summed E-state index contributed by atoms with van der Waals surface area (Å²) in [6.07, 6.45) is 5.54. The Balaban J connectivity index is 1.50. The average molecular weight is 455 g/mol. The van der Waals surface area contributed by atoms with E-state index in [9.17, 15) is 9.00 Å². The lowest BCUT2D eigenvalue weighted by atomic mass is 9.84. The summed E-state index contributed by atoms with van der Waals surface area (Å²) in [5.41, 5.74) is 4.42. The number of nitrogens with two attached hydrogens (primary N) is 1. The summed E-state index contributed by atoms with van der Waals surface area (Å²) in [4.78, 5) is 17.1. The molecule has 0 bridgehead atoms. The standard InChI is InChI=1S/C21H22N6O4S/c1-30-18-11-14(7-8-23-18)16-6-4-13-3-5-15(13)19(16)25-21(28)26-32(22,29)17-12-24-27-9-2-10-31-20(17)27/h4,6-8,11-12H,2-3,5,9-10H2,1H3,(H3,22,25,26,28,29)/t32-/m0/s1. The second-order valence-corrected chi connectivity index (χ2v) is 9.30. The van der Waals surface area contributed by atoms with Gasteiger partial charge in [0.25, 0.3) is 0 Å². The molecule has 11 heteroatoms. The molecule has 10 nitrogen and oxygen atoms in total. The van der Waals surface area contributed by atoms with Crippen molar-refractivity contribution in [3.05, 3.63) is 47.8 Å². The van der Waals surface area contributed by atoms with Gasteiger partial charge in [-0.3, -0.25) is 0 Å². The van der Waals surface area contributed by atoms with Crippen molar-refractivity contribution in [1.29, 1.82) is 0 Å². The zero-order valence-electron chi connectivity index (χ0n) is 17.4. The molecule has 0 radical (unpaired) electrons. The van der Waals surface area contributed by atoms with E-state index in [1.165, 1.54) is 6.20 Å². The van der Waals surface area contributed by atoms with Gasteiger partial charge in [0.1, 0.15) is 4.90 Å². The molecule has 3 heterocycles. The second kappa shape index (κ2) is 7.92. The Kier molecular flexibility index (Phi) is 5.06. The highest BCUT2D eigenvalue weighted by atomic mass is 32.2. The van der Waals surface area contributed by atoms with Crippen LogP contribution in [0, 0.1) is 0 Å². The number of ether oxygens (including phenoxy) is 2. The third-order valence-electron chi connectivity index (χ3n) is 5.59. The van der Waals surface area contributed by atoms with Crippen LogP contribution in [0.15, 0.2) is 45.9 Å². The number of amides is 2. The molecule has 3 aromatic rings. The molecule has 5 rings (SSSR count). The van der Waals surface area contributed by atoms with Crippen molar-refractivity contribution < 1.29 is 18.5 Å². The Morgan fingerprint density at radius 2 is 2.22 bits per heavy atom. The number of hydrogen-bond acceptors (Lipinski definition) is 6. The number of aryl methyl sites for hydroxylation is 2. The fraction of sp³-hybridized carbons (Fsp3) is 0.286. The van der Waals surface area contributed by atoms with E-state index >= 15 is 0 Å². The lowest BCUT2D eigenvalue weighted by molar-refractivity contribution is 0.224. The predicted octanol–water partition coefficient (Wildman–Crippen LogP) is 2.77. The first kappa shape index (κ1) is 20.5. The van der Waals surface area contributed by atoms with Crippen LogP contribution in [0.25, 0.3) is 11.1 Å². The van der Waals surface area contributed by atoms with Gasteiger partial charge in [-0.2, -0.15) is 5.10 Å². The minimum Gasteiger partial charge on any atom is -0.481 e. The average Bonchev–Trinajstić information content (AvgIpc) is 3.20. The molecule has 1 aromatic carbocycles. The normalized spacial score (nSPS) is 15.9. The Hall–Kier alpha value is -3.44. The highest BCUT2D eigenvalue weighted by Gasteiger charge is 2.26. The van der Waals surface area contributed by atoms with E-state index in [0.29, 0.717) is 30.6 Å². The first-order chi connectivity index (χ1) is 15.5. The van der Waals surface area contributed by atoms with Crippen LogP contribution < -0.4 is 19.9 Å². The zero-order chi connectivity index (χ0) is 22.3. The van der Waals surface area contributed by atoms with Gasteiger partial charge in [-0.1, -0.05) is 12.1 Å². The summed E-state index contributed by atoms with van der Waals surface area (Å²) in [5, 5.41) is 12.9. The number of fused-ring (bicyclic) bond motifs is 2. The molecule has 32 heavy (non-hydrogen) atoms. The molecular formula is C21H22N6O4S. The van der Waals surface area contributed by atoms with E-state index in [1.54, 1.807) is 24.1 Å². The van der Waals surface area contributed by atoms with E-state index in [4.69, 9.17) is 14.6 Å². The summed E-state index contributed by atoms with van der Waals surface area (Å²) >= 11 is 0. The maximum Gasteiger partial charge on any atom is 0.354 e. The molecule has 0 fully saturated rings. The van der Waals surface area contributed by atoms with Crippen molar-refractivity contribution in [3.8, 4) is 22.9 Å². The number of methoxy groups -OCH3 is 1. The first-order valence-corrected chi connectivity index (χ1v) is 11.7. The molecule has 2 aromatic heterocycles. The molecule has 2 amide bonds. The maximum atomic E-state index is 13.1. The van der Waals surface area contributed by atoms with Crippen LogP contribution in [0.3, 0.4) is 0 Å². The molecular weight excluding hydrogens is 432 g/mol. The third-order valence-corrected chi connectivity index (χ3v) is 6.93. The minimum absolute atomic E-state index is 0.118. The van der Waals surface area contributed by atoms with Gasteiger partial charge < -0.3 is 14.8 Å². The van der Waals surface area contributed by atoms with Gasteiger partial charge in [0, 0.05) is 30.8 Å². The molecule has 1 aliphatic carbocycles. The van der Waals surface area contributed by atoms with Gasteiger partial charge in [-0.25, -0.2) is 23.8 Å². The number of hydrogen-bond donors (Lipinski definition) is 2. The zero-order valence-corrected chi connectivity index (χ0v) is 18.2. The van der Waals surface area contributed by atoms with Crippen LogP contribution in [-0.4, -0.2) is 38.7 Å². The summed E-state index contributed by atoms with van der Waals surface area (Å²) < 4.78 is 29.3. The molecule has 1 atom stereocenters. The van der Waals surface area contributed by atoms with E-state index in [1.807, 2.05) is 18.2 Å². The van der Waals surface area contributed by atoms with Crippen LogP contribution in [0.1, 0.15) is 17.5 Å². The molecule has 0 saturated heterocycles.